The maximum Gasteiger partial charge on any atom is 0.214 e. The Labute approximate surface area is 78.8 Å². The third kappa shape index (κ3) is 4.64. The van der Waals surface area contributed by atoms with E-state index in [1.54, 1.807) is 0 Å². The zero-order valence-corrected chi connectivity index (χ0v) is 7.53. The first-order chi connectivity index (χ1) is 6.15. The minimum Gasteiger partial charge on any atom is -0.335 e. The van der Waals surface area contributed by atoms with Gasteiger partial charge in [-0.1, -0.05) is 0 Å². The van der Waals surface area contributed by atoms with Crippen molar-refractivity contribution in [1.82, 2.24) is 4.90 Å². The zero-order valence-electron chi connectivity index (χ0n) is 7.53. The monoisotopic (exact) mass is 183 g/mol. The van der Waals surface area contributed by atoms with Crippen molar-refractivity contribution in [2.75, 3.05) is 26.2 Å². The van der Waals surface area contributed by atoms with Crippen LogP contribution in [0.25, 0.3) is 0 Å². The van der Waals surface area contributed by atoms with E-state index < -0.39 is 0 Å². The second kappa shape index (κ2) is 6.62. The summed E-state index contributed by atoms with van der Waals surface area (Å²) < 4.78 is 0. The average molecular weight is 183 g/mol. The molecule has 6 heteroatoms. The van der Waals surface area contributed by atoms with Crippen molar-refractivity contribution in [2.24, 2.45) is 11.5 Å². The number of nitrogens with two attached hydrogens (primary N) is 2. The number of hydrogen-bond acceptors (Lipinski definition) is 4. The lowest BCUT2D eigenvalue weighted by molar-refractivity contribution is -0.133. The van der Waals surface area contributed by atoms with Crippen molar-refractivity contribution in [3.63, 3.8) is 0 Å². The third-order valence-corrected chi connectivity index (χ3v) is 1.52. The van der Waals surface area contributed by atoms with Crippen LogP contribution in [0.15, 0.2) is 0 Å². The summed E-state index contributed by atoms with van der Waals surface area (Å²) in [6.07, 6.45) is -0.113. The van der Waals surface area contributed by atoms with Gasteiger partial charge in [-0.05, 0) is 6.32 Å². The molecule has 0 atom stereocenters. The van der Waals surface area contributed by atoms with E-state index >= 15 is 0 Å². The highest BCUT2D eigenvalue weighted by Gasteiger charge is 2.12. The molecule has 0 bridgehead atoms. The highest BCUT2D eigenvalue weighted by Crippen LogP contribution is 1.92. The number of carbonyl (C=O) groups excluding carboxylic acids is 2. The van der Waals surface area contributed by atoms with Crippen LogP contribution < -0.4 is 11.5 Å². The predicted octanol–water partition coefficient (Wildman–Crippen LogP) is -2.11. The Hall–Kier alpha value is -0.875. The van der Waals surface area contributed by atoms with Gasteiger partial charge in [0.25, 0.3) is 0 Å². The van der Waals surface area contributed by atoms with Crippen molar-refractivity contribution < 1.29 is 9.59 Å². The molecule has 72 valence electrons. The van der Waals surface area contributed by atoms with Crippen molar-refractivity contribution in [3.8, 4) is 0 Å². The molecule has 0 aromatic carbocycles. The van der Waals surface area contributed by atoms with Crippen LogP contribution in [-0.2, 0) is 9.59 Å². The number of Topliss-reactive ketones (excluding diaryl/α,β-unsaturated/α-hetero) is 1. The van der Waals surface area contributed by atoms with Gasteiger partial charge < -0.3 is 16.4 Å². The summed E-state index contributed by atoms with van der Waals surface area (Å²) in [5.74, 6) is -0.484. The second-order valence-electron chi connectivity index (χ2n) is 2.55. The summed E-state index contributed by atoms with van der Waals surface area (Å²) in [6.45, 7) is 0.577. The maximum absolute atomic E-state index is 11.1. The third-order valence-electron chi connectivity index (χ3n) is 1.52. The van der Waals surface area contributed by atoms with E-state index in [-0.39, 0.29) is 31.1 Å². The van der Waals surface area contributed by atoms with E-state index in [4.69, 9.17) is 19.3 Å². The molecular weight excluding hydrogens is 169 g/mol. The largest absolute Gasteiger partial charge is 0.335 e. The molecule has 0 saturated carbocycles. The molecule has 4 N–H and O–H groups in total. The van der Waals surface area contributed by atoms with Crippen LogP contribution in [0.3, 0.4) is 0 Å². The van der Waals surface area contributed by atoms with E-state index in [2.05, 4.69) is 0 Å². The van der Waals surface area contributed by atoms with Gasteiger partial charge in [-0.25, -0.2) is 0 Å². The van der Waals surface area contributed by atoms with Crippen molar-refractivity contribution >= 4 is 19.5 Å². The molecule has 0 saturated heterocycles. The van der Waals surface area contributed by atoms with Crippen LogP contribution in [0.1, 0.15) is 0 Å². The first kappa shape index (κ1) is 12.1. The van der Waals surface area contributed by atoms with Crippen molar-refractivity contribution in [3.05, 3.63) is 0 Å². The summed E-state index contributed by atoms with van der Waals surface area (Å²) in [5.41, 5.74) is 10.4. The standard InChI is InChI=1S/C7H14BN3O2/c8-3-7(13)11(2-1-9)5-6(12)4-10/h1-5,9-10H2. The molecular formula is C7H14BN3O2. The number of amides is 1. The molecule has 0 aromatic heterocycles. The summed E-state index contributed by atoms with van der Waals surface area (Å²) in [5, 5.41) is 0. The number of hydrogen-bond donors (Lipinski definition) is 2. The molecule has 13 heavy (non-hydrogen) atoms. The molecule has 0 aliphatic carbocycles. The number of nitrogens with zero attached hydrogens (tertiary/aromatic N) is 1. The lowest BCUT2D eigenvalue weighted by Gasteiger charge is -2.20. The van der Waals surface area contributed by atoms with Gasteiger partial charge in [-0.15, -0.1) is 0 Å². The lowest BCUT2D eigenvalue weighted by atomic mass is 10.0. The topological polar surface area (TPSA) is 89.4 Å². The van der Waals surface area contributed by atoms with E-state index in [1.165, 1.54) is 4.90 Å². The zero-order chi connectivity index (χ0) is 10.3. The Morgan fingerprint density at radius 3 is 2.31 bits per heavy atom. The SMILES string of the molecule is [B]CC(=O)N(CCN)CC(=O)CN. The molecule has 0 spiro atoms. The van der Waals surface area contributed by atoms with Crippen LogP contribution in [0, 0.1) is 0 Å². The normalized spacial score (nSPS) is 9.69. The lowest BCUT2D eigenvalue weighted by Crippen LogP contribution is -2.40. The predicted molar refractivity (Wildman–Crippen MR) is 50.3 cm³/mol. The molecule has 5 nitrogen and oxygen atoms in total. The summed E-state index contributed by atoms with van der Waals surface area (Å²) in [7, 11) is 5.15. The summed E-state index contributed by atoms with van der Waals surface area (Å²) >= 11 is 0. The van der Waals surface area contributed by atoms with Gasteiger partial charge in [0.15, 0.2) is 5.78 Å². The minimum atomic E-state index is -0.285. The molecule has 0 heterocycles. The number of carbonyl (C=O) groups is 2. The molecule has 0 unspecified atom stereocenters. The molecule has 0 aliphatic rings. The van der Waals surface area contributed by atoms with E-state index in [9.17, 15) is 9.59 Å². The maximum atomic E-state index is 11.1. The molecule has 2 radical (unpaired) electrons. The van der Waals surface area contributed by atoms with E-state index in [0.717, 1.165) is 0 Å². The average Bonchev–Trinajstić information content (AvgIpc) is 2.15. The molecule has 0 aromatic rings. The Morgan fingerprint density at radius 1 is 1.31 bits per heavy atom. The Bertz CT molecular complexity index is 187. The second-order valence-corrected chi connectivity index (χ2v) is 2.55. The first-order valence-electron chi connectivity index (χ1n) is 4.05. The first-order valence-corrected chi connectivity index (χ1v) is 4.05. The Kier molecular flexibility index (Phi) is 6.17. The van der Waals surface area contributed by atoms with Crippen LogP contribution in [0.2, 0.25) is 6.32 Å². The smallest absolute Gasteiger partial charge is 0.214 e. The van der Waals surface area contributed by atoms with Gasteiger partial charge in [0, 0.05) is 13.1 Å². The van der Waals surface area contributed by atoms with Crippen LogP contribution in [0.4, 0.5) is 0 Å². The van der Waals surface area contributed by atoms with E-state index in [0.29, 0.717) is 13.1 Å². The quantitative estimate of drug-likeness (QED) is 0.461. The van der Waals surface area contributed by atoms with Crippen LogP contribution in [0.5, 0.6) is 0 Å². The summed E-state index contributed by atoms with van der Waals surface area (Å²) in [6, 6.07) is 0. The van der Waals surface area contributed by atoms with Gasteiger partial charge in [0.2, 0.25) is 5.91 Å². The highest BCUT2D eigenvalue weighted by molar-refractivity contribution is 6.19. The van der Waals surface area contributed by atoms with Gasteiger partial charge in [-0.2, -0.15) is 0 Å². The fourth-order valence-corrected chi connectivity index (χ4v) is 0.854. The fourth-order valence-electron chi connectivity index (χ4n) is 0.854. The van der Waals surface area contributed by atoms with Crippen molar-refractivity contribution in [2.45, 2.75) is 6.32 Å². The molecule has 1 amide bonds. The van der Waals surface area contributed by atoms with Gasteiger partial charge in [0.1, 0.15) is 0 Å². The Morgan fingerprint density at radius 2 is 1.92 bits per heavy atom. The van der Waals surface area contributed by atoms with Crippen LogP contribution >= 0.6 is 0 Å². The van der Waals surface area contributed by atoms with Gasteiger partial charge >= 0.3 is 0 Å². The molecule has 0 rings (SSSR count). The number of ketones is 1. The van der Waals surface area contributed by atoms with Gasteiger partial charge in [0.05, 0.1) is 20.9 Å². The Balaban J connectivity index is 4.08. The molecule has 0 aliphatic heterocycles. The minimum absolute atomic E-state index is 0.00370. The van der Waals surface area contributed by atoms with E-state index in [1.807, 2.05) is 0 Å². The van der Waals surface area contributed by atoms with Crippen LogP contribution in [-0.4, -0.2) is 50.6 Å². The molecule has 0 fully saturated rings. The summed E-state index contributed by atoms with van der Waals surface area (Å²) in [4.78, 5) is 23.3. The fraction of sp³-hybridized carbons (Fsp3) is 0.714. The van der Waals surface area contributed by atoms with Crippen molar-refractivity contribution in [1.29, 1.82) is 0 Å². The van der Waals surface area contributed by atoms with Gasteiger partial charge in [-0.3, -0.25) is 9.59 Å². The number of rotatable bonds is 6. The highest BCUT2D eigenvalue weighted by atomic mass is 16.2.